The molecule has 0 aromatic heterocycles. The molecule has 1 unspecified atom stereocenters. The van der Waals surface area contributed by atoms with Crippen molar-refractivity contribution in [2.24, 2.45) is 0 Å². The number of hydrogen-bond donors (Lipinski definition) is 1. The van der Waals surface area contributed by atoms with Crippen molar-refractivity contribution in [1.82, 2.24) is 0 Å². The molecule has 0 radical (unpaired) electrons. The number of nitrogens with zero attached hydrogens (tertiary/aromatic N) is 2. The molecule has 0 fully saturated rings. The average molecular weight is 200 g/mol. The van der Waals surface area contributed by atoms with E-state index in [1.807, 2.05) is 12.1 Å². The summed E-state index contributed by atoms with van der Waals surface area (Å²) in [6, 6.07) is 3.82. The Morgan fingerprint density at radius 3 is 2.50 bits per heavy atom. The Morgan fingerprint density at radius 2 is 1.93 bits per heavy atom. The molecule has 0 bridgehead atoms. The Morgan fingerprint density at radius 1 is 1.21 bits per heavy atom. The van der Waals surface area contributed by atoms with Gasteiger partial charge in [0.25, 0.3) is 0 Å². The van der Waals surface area contributed by atoms with Gasteiger partial charge in [-0.25, -0.2) is 9.78 Å². The maximum absolute atomic E-state index is 8.31. The van der Waals surface area contributed by atoms with E-state index >= 15 is 0 Å². The number of rotatable bonds is 8. The number of aliphatic hydroxyl groups excluding tert-OH is 1. The fourth-order valence-electron chi connectivity index (χ4n) is 0.684. The predicted octanol–water partition coefficient (Wildman–Crippen LogP) is 0.445. The molecule has 6 nitrogen and oxygen atoms in total. The van der Waals surface area contributed by atoms with Crippen LogP contribution in [0.25, 0.3) is 0 Å². The molecule has 0 spiro atoms. The largest absolute Gasteiger partial charge is 0.368 e. The van der Waals surface area contributed by atoms with Crippen LogP contribution < -0.4 is 0 Å². The topological polar surface area (TPSA) is 95.5 Å². The summed E-state index contributed by atoms with van der Waals surface area (Å²) in [5.41, 5.74) is 0. The zero-order chi connectivity index (χ0) is 10.6. The first-order valence-corrected chi connectivity index (χ1v) is 4.09. The van der Waals surface area contributed by atoms with Crippen molar-refractivity contribution in [2.45, 2.75) is 25.6 Å². The second-order valence-corrected chi connectivity index (χ2v) is 2.25. The molecule has 0 aromatic carbocycles. The molecule has 0 aliphatic rings. The van der Waals surface area contributed by atoms with Gasteiger partial charge in [0.2, 0.25) is 0 Å². The van der Waals surface area contributed by atoms with Gasteiger partial charge in [-0.2, -0.15) is 10.5 Å². The Kier molecular flexibility index (Phi) is 9.07. The van der Waals surface area contributed by atoms with Crippen molar-refractivity contribution in [3.05, 3.63) is 0 Å². The lowest BCUT2D eigenvalue weighted by Crippen LogP contribution is -2.18. The molecule has 0 aromatic rings. The van der Waals surface area contributed by atoms with Gasteiger partial charge in [-0.1, -0.05) is 0 Å². The summed E-state index contributed by atoms with van der Waals surface area (Å²) in [6.07, 6.45) is 0.120. The molecule has 14 heavy (non-hydrogen) atoms. The zero-order valence-corrected chi connectivity index (χ0v) is 7.68. The highest BCUT2D eigenvalue weighted by molar-refractivity contribution is 4.70. The van der Waals surface area contributed by atoms with Crippen molar-refractivity contribution in [3.63, 3.8) is 0 Å². The summed E-state index contributed by atoms with van der Waals surface area (Å²) in [6.45, 7) is -0.369. The molecule has 0 rings (SSSR count). The van der Waals surface area contributed by atoms with E-state index in [2.05, 4.69) is 9.78 Å². The molecule has 0 saturated carbocycles. The van der Waals surface area contributed by atoms with Crippen LogP contribution in [0.5, 0.6) is 0 Å². The molecule has 6 heteroatoms. The van der Waals surface area contributed by atoms with E-state index in [1.54, 1.807) is 0 Å². The monoisotopic (exact) mass is 200 g/mol. The van der Waals surface area contributed by atoms with Crippen LogP contribution in [-0.2, 0) is 14.5 Å². The van der Waals surface area contributed by atoms with Gasteiger partial charge in [0, 0.05) is 12.8 Å². The zero-order valence-electron chi connectivity index (χ0n) is 7.68. The van der Waals surface area contributed by atoms with Gasteiger partial charge in [-0.05, 0) is 0 Å². The first-order valence-electron chi connectivity index (χ1n) is 4.09. The molecule has 0 saturated heterocycles. The SMILES string of the molecule is N#CCCOC(CCC#N)OOCO. The summed E-state index contributed by atoms with van der Waals surface area (Å²) in [7, 11) is 0. The van der Waals surface area contributed by atoms with E-state index in [9.17, 15) is 0 Å². The van der Waals surface area contributed by atoms with Gasteiger partial charge in [-0.15, -0.1) is 0 Å². The van der Waals surface area contributed by atoms with Crippen LogP contribution in [0.3, 0.4) is 0 Å². The lowest BCUT2D eigenvalue weighted by Gasteiger charge is -2.14. The second-order valence-electron chi connectivity index (χ2n) is 2.25. The van der Waals surface area contributed by atoms with Crippen molar-refractivity contribution >= 4 is 0 Å². The third-order valence-corrected chi connectivity index (χ3v) is 1.24. The van der Waals surface area contributed by atoms with Crippen LogP contribution in [0.2, 0.25) is 0 Å². The highest BCUT2D eigenvalue weighted by atomic mass is 17.2. The molecule has 0 amide bonds. The smallest absolute Gasteiger partial charge is 0.192 e. The number of nitriles is 2. The van der Waals surface area contributed by atoms with Crippen molar-refractivity contribution in [3.8, 4) is 12.1 Å². The lowest BCUT2D eigenvalue weighted by molar-refractivity contribution is -0.400. The lowest BCUT2D eigenvalue weighted by atomic mass is 10.3. The molecular formula is C8H12N2O4. The standard InChI is InChI=1S/C8H12N2O4/c9-4-1-3-8(14-13-7-11)12-6-2-5-10/h8,11H,1-3,6-7H2. The normalized spacial score (nSPS) is 11.6. The minimum atomic E-state index is -0.713. The number of hydrogen-bond acceptors (Lipinski definition) is 6. The Bertz CT molecular complexity index is 208. The fourth-order valence-corrected chi connectivity index (χ4v) is 0.684. The van der Waals surface area contributed by atoms with Crippen LogP contribution in [0, 0.1) is 22.7 Å². The summed E-state index contributed by atoms with van der Waals surface area (Å²) in [4.78, 5) is 8.87. The van der Waals surface area contributed by atoms with Gasteiger partial charge >= 0.3 is 0 Å². The van der Waals surface area contributed by atoms with Gasteiger partial charge in [-0.3, -0.25) is 0 Å². The van der Waals surface area contributed by atoms with E-state index in [-0.39, 0.29) is 19.4 Å². The van der Waals surface area contributed by atoms with Gasteiger partial charge in [0.05, 0.1) is 25.2 Å². The van der Waals surface area contributed by atoms with Crippen LogP contribution in [0.1, 0.15) is 19.3 Å². The van der Waals surface area contributed by atoms with Gasteiger partial charge < -0.3 is 9.84 Å². The number of ether oxygens (including phenoxy) is 1. The first kappa shape index (κ1) is 12.8. The highest BCUT2D eigenvalue weighted by Crippen LogP contribution is 2.04. The van der Waals surface area contributed by atoms with Crippen LogP contribution in [0.4, 0.5) is 0 Å². The Labute approximate surface area is 82.1 Å². The molecule has 1 atom stereocenters. The summed E-state index contributed by atoms with van der Waals surface area (Å²) >= 11 is 0. The maximum atomic E-state index is 8.31. The van der Waals surface area contributed by atoms with Gasteiger partial charge in [0.1, 0.15) is 0 Å². The summed E-state index contributed by atoms with van der Waals surface area (Å²) < 4.78 is 5.05. The molecule has 1 N–H and O–H groups in total. The van der Waals surface area contributed by atoms with E-state index in [0.29, 0.717) is 6.42 Å². The van der Waals surface area contributed by atoms with Crippen molar-refractivity contribution in [1.29, 1.82) is 10.5 Å². The predicted molar refractivity (Wildman–Crippen MR) is 44.1 cm³/mol. The minimum absolute atomic E-state index is 0.210. The van der Waals surface area contributed by atoms with E-state index in [4.69, 9.17) is 20.4 Å². The molecule has 0 aliphatic carbocycles. The molecular weight excluding hydrogens is 188 g/mol. The third-order valence-electron chi connectivity index (χ3n) is 1.24. The maximum Gasteiger partial charge on any atom is 0.192 e. The fraction of sp³-hybridized carbons (Fsp3) is 0.750. The first-order chi connectivity index (χ1) is 6.85. The summed E-state index contributed by atoms with van der Waals surface area (Å²) in [5.74, 6) is 0. The Balaban J connectivity index is 3.62. The van der Waals surface area contributed by atoms with Crippen LogP contribution >= 0.6 is 0 Å². The molecule has 0 aliphatic heterocycles. The highest BCUT2D eigenvalue weighted by Gasteiger charge is 2.09. The number of aliphatic hydroxyl groups is 1. The second kappa shape index (κ2) is 9.90. The van der Waals surface area contributed by atoms with Crippen LogP contribution in [-0.4, -0.2) is 24.8 Å². The van der Waals surface area contributed by atoms with Crippen LogP contribution in [0.15, 0.2) is 0 Å². The van der Waals surface area contributed by atoms with E-state index < -0.39 is 13.1 Å². The molecule has 0 heterocycles. The average Bonchev–Trinajstić information content (AvgIpc) is 2.21. The Hall–Kier alpha value is -1.18. The van der Waals surface area contributed by atoms with Gasteiger partial charge in [0.15, 0.2) is 13.1 Å². The molecule has 78 valence electrons. The van der Waals surface area contributed by atoms with Crippen molar-refractivity contribution in [2.75, 3.05) is 13.4 Å². The van der Waals surface area contributed by atoms with Crippen molar-refractivity contribution < 1.29 is 19.6 Å². The third kappa shape index (κ3) is 7.47. The van der Waals surface area contributed by atoms with E-state index in [1.165, 1.54) is 0 Å². The summed E-state index contributed by atoms with van der Waals surface area (Å²) in [5, 5.41) is 24.8. The quantitative estimate of drug-likeness (QED) is 0.264. The minimum Gasteiger partial charge on any atom is -0.368 e. The van der Waals surface area contributed by atoms with E-state index in [0.717, 1.165) is 0 Å².